The van der Waals surface area contributed by atoms with Crippen LogP contribution in [0.5, 0.6) is 0 Å². The quantitative estimate of drug-likeness (QED) is 0.554. The van der Waals surface area contributed by atoms with Gasteiger partial charge in [0.05, 0.1) is 34.6 Å². The molecule has 1 saturated heterocycles. The first-order valence-electron chi connectivity index (χ1n) is 10.0. The van der Waals surface area contributed by atoms with Crippen LogP contribution in [-0.2, 0) is 14.3 Å². The van der Waals surface area contributed by atoms with Crippen molar-refractivity contribution in [2.75, 3.05) is 24.6 Å². The number of ether oxygens (including phenoxy) is 2. The van der Waals surface area contributed by atoms with Crippen LogP contribution in [0.1, 0.15) is 44.9 Å². The van der Waals surface area contributed by atoms with E-state index in [2.05, 4.69) is 0 Å². The number of carbonyl (C=O) groups is 4. The van der Waals surface area contributed by atoms with Gasteiger partial charge in [-0.3, -0.25) is 14.4 Å². The Balaban J connectivity index is 1.44. The zero-order valence-corrected chi connectivity index (χ0v) is 17.2. The molecule has 2 aromatic carbocycles. The van der Waals surface area contributed by atoms with Crippen LogP contribution < -0.4 is 4.90 Å². The van der Waals surface area contributed by atoms with E-state index in [1.54, 1.807) is 41.3 Å². The normalized spacial score (nSPS) is 20.6. The van der Waals surface area contributed by atoms with Crippen molar-refractivity contribution in [2.45, 2.75) is 26.1 Å². The van der Waals surface area contributed by atoms with E-state index in [0.717, 1.165) is 4.90 Å². The molecule has 0 spiro atoms. The fourth-order valence-corrected chi connectivity index (χ4v) is 3.88. The summed E-state index contributed by atoms with van der Waals surface area (Å²) in [5.41, 5.74) is 1.05. The van der Waals surface area contributed by atoms with Gasteiger partial charge in [-0.2, -0.15) is 0 Å². The minimum Gasteiger partial charge on any atom is -0.452 e. The molecule has 1 fully saturated rings. The number of rotatable bonds is 4. The maximum atomic E-state index is 12.7. The van der Waals surface area contributed by atoms with Crippen molar-refractivity contribution in [2.24, 2.45) is 0 Å². The Bertz CT molecular complexity index is 1020. The topological polar surface area (TPSA) is 93.2 Å². The van der Waals surface area contributed by atoms with Gasteiger partial charge in [0, 0.05) is 13.1 Å². The highest BCUT2D eigenvalue weighted by molar-refractivity contribution is 6.34. The van der Waals surface area contributed by atoms with Crippen LogP contribution in [0.15, 0.2) is 48.5 Å². The molecule has 2 atom stereocenters. The molecule has 0 aromatic heterocycles. The maximum absolute atomic E-state index is 12.7. The lowest BCUT2D eigenvalue weighted by Crippen LogP contribution is -2.49. The lowest BCUT2D eigenvalue weighted by Gasteiger charge is -2.35. The number of fused-ring (bicyclic) bond motifs is 1. The Morgan fingerprint density at radius 2 is 1.58 bits per heavy atom. The highest BCUT2D eigenvalue weighted by atomic mass is 16.5. The summed E-state index contributed by atoms with van der Waals surface area (Å²) in [6.07, 6.45) is -0.167. The van der Waals surface area contributed by atoms with Crippen molar-refractivity contribution in [1.29, 1.82) is 0 Å². The third kappa shape index (κ3) is 4.06. The number of carbonyl (C=O) groups excluding carboxylic acids is 4. The minimum absolute atomic E-state index is 0.0836. The van der Waals surface area contributed by atoms with Crippen LogP contribution in [0.3, 0.4) is 0 Å². The zero-order chi connectivity index (χ0) is 22.1. The number of nitrogens with zero attached hydrogens (tertiary/aromatic N) is 2. The molecule has 2 aliphatic heterocycles. The highest BCUT2D eigenvalue weighted by Gasteiger charge is 2.36. The number of hydrogen-bond acceptors (Lipinski definition) is 6. The Hall–Kier alpha value is -3.52. The van der Waals surface area contributed by atoms with Crippen LogP contribution in [-0.4, -0.2) is 60.5 Å². The molecule has 8 nitrogen and oxygen atoms in total. The molecule has 4 rings (SSSR count). The lowest BCUT2D eigenvalue weighted by molar-refractivity contribution is -0.146. The third-order valence-corrected chi connectivity index (χ3v) is 5.23. The first-order valence-corrected chi connectivity index (χ1v) is 10.0. The lowest BCUT2D eigenvalue weighted by atomic mass is 10.1. The van der Waals surface area contributed by atoms with Crippen LogP contribution in [0.25, 0.3) is 0 Å². The molecule has 31 heavy (non-hydrogen) atoms. The van der Waals surface area contributed by atoms with Crippen molar-refractivity contribution in [3.63, 3.8) is 0 Å². The number of imide groups is 1. The molecule has 0 saturated carbocycles. The first-order chi connectivity index (χ1) is 14.8. The smallest absolute Gasteiger partial charge is 0.338 e. The molecule has 2 unspecified atom stereocenters. The summed E-state index contributed by atoms with van der Waals surface area (Å²) in [5.74, 6) is -1.90. The van der Waals surface area contributed by atoms with Gasteiger partial charge in [0.2, 0.25) is 0 Å². The molecule has 3 amide bonds. The minimum atomic E-state index is -0.707. The molecule has 0 radical (unpaired) electrons. The Morgan fingerprint density at radius 1 is 0.968 bits per heavy atom. The Kier molecular flexibility index (Phi) is 5.56. The van der Waals surface area contributed by atoms with Crippen molar-refractivity contribution in [3.8, 4) is 0 Å². The van der Waals surface area contributed by atoms with Crippen molar-refractivity contribution < 1.29 is 28.7 Å². The van der Waals surface area contributed by atoms with Crippen molar-refractivity contribution >= 4 is 29.4 Å². The number of morpholine rings is 1. The standard InChI is InChI=1S/C23H22N2O6/c1-14-11-24(12-15(2)31-14)20(26)13-30-23(29)16-6-5-7-17(10-16)25-21(27)18-8-3-4-9-19(18)22(25)28/h3-10,14-15H,11-13H2,1-2H3. The summed E-state index contributed by atoms with van der Waals surface area (Å²) in [6.45, 7) is 4.25. The van der Waals surface area contributed by atoms with Gasteiger partial charge in [0.25, 0.3) is 17.7 Å². The average molecular weight is 422 g/mol. The van der Waals surface area contributed by atoms with Gasteiger partial charge in [0.15, 0.2) is 6.61 Å². The number of benzene rings is 2. The van der Waals surface area contributed by atoms with E-state index in [1.807, 2.05) is 13.8 Å². The van der Waals surface area contributed by atoms with Crippen LogP contribution in [0, 0.1) is 0 Å². The molecule has 0 N–H and O–H groups in total. The molecule has 2 heterocycles. The van der Waals surface area contributed by atoms with Gasteiger partial charge in [-0.15, -0.1) is 0 Å². The van der Waals surface area contributed by atoms with Crippen LogP contribution >= 0.6 is 0 Å². The van der Waals surface area contributed by atoms with Gasteiger partial charge >= 0.3 is 5.97 Å². The molecule has 2 aliphatic rings. The average Bonchev–Trinajstić information content (AvgIpc) is 3.01. The van der Waals surface area contributed by atoms with E-state index in [0.29, 0.717) is 24.2 Å². The fourth-order valence-electron chi connectivity index (χ4n) is 3.88. The second-order valence-electron chi connectivity index (χ2n) is 7.67. The SMILES string of the molecule is CC1CN(C(=O)COC(=O)c2cccc(N3C(=O)c4ccccc4C3=O)c2)CC(C)O1. The highest BCUT2D eigenvalue weighted by Crippen LogP contribution is 2.28. The van der Waals surface area contributed by atoms with Gasteiger partial charge in [0.1, 0.15) is 0 Å². The summed E-state index contributed by atoms with van der Waals surface area (Å²) in [6, 6.07) is 12.6. The number of anilines is 1. The third-order valence-electron chi connectivity index (χ3n) is 5.23. The summed E-state index contributed by atoms with van der Waals surface area (Å²) < 4.78 is 10.8. The van der Waals surface area contributed by atoms with Crippen LogP contribution in [0.4, 0.5) is 5.69 Å². The summed E-state index contributed by atoms with van der Waals surface area (Å²) in [5, 5.41) is 0. The van der Waals surface area contributed by atoms with Gasteiger partial charge in [-0.1, -0.05) is 18.2 Å². The van der Waals surface area contributed by atoms with Crippen LogP contribution in [0.2, 0.25) is 0 Å². The largest absolute Gasteiger partial charge is 0.452 e. The van der Waals surface area contributed by atoms with Gasteiger partial charge in [-0.25, -0.2) is 9.69 Å². The van der Waals surface area contributed by atoms with Gasteiger partial charge < -0.3 is 14.4 Å². The fraction of sp³-hybridized carbons (Fsp3) is 0.304. The van der Waals surface area contributed by atoms with Crippen molar-refractivity contribution in [3.05, 3.63) is 65.2 Å². The monoisotopic (exact) mass is 422 g/mol. The van der Waals surface area contributed by atoms with E-state index in [1.165, 1.54) is 12.1 Å². The molecular formula is C23H22N2O6. The van der Waals surface area contributed by atoms with Crippen molar-refractivity contribution in [1.82, 2.24) is 4.90 Å². The molecule has 160 valence electrons. The first kappa shape index (κ1) is 20.7. The molecular weight excluding hydrogens is 400 g/mol. The number of hydrogen-bond donors (Lipinski definition) is 0. The predicted molar refractivity (Wildman–Crippen MR) is 111 cm³/mol. The maximum Gasteiger partial charge on any atom is 0.338 e. The second kappa shape index (κ2) is 8.31. The van der Waals surface area contributed by atoms with E-state index >= 15 is 0 Å². The van der Waals surface area contributed by atoms with E-state index in [4.69, 9.17) is 9.47 Å². The van der Waals surface area contributed by atoms with E-state index in [9.17, 15) is 19.2 Å². The summed E-state index contributed by atoms with van der Waals surface area (Å²) in [7, 11) is 0. The van der Waals surface area contributed by atoms with E-state index < -0.39 is 24.4 Å². The summed E-state index contributed by atoms with van der Waals surface area (Å²) in [4.78, 5) is 52.9. The zero-order valence-electron chi connectivity index (χ0n) is 17.2. The number of esters is 1. The van der Waals surface area contributed by atoms with E-state index in [-0.39, 0.29) is 29.4 Å². The molecule has 0 aliphatic carbocycles. The Labute approximate surface area is 179 Å². The second-order valence-corrected chi connectivity index (χ2v) is 7.67. The molecule has 0 bridgehead atoms. The number of amides is 3. The molecule has 2 aromatic rings. The summed E-state index contributed by atoms with van der Waals surface area (Å²) >= 11 is 0. The Morgan fingerprint density at radius 3 is 2.19 bits per heavy atom. The predicted octanol–water partition coefficient (Wildman–Crippen LogP) is 2.28. The molecule has 8 heteroatoms. The van der Waals surface area contributed by atoms with Gasteiger partial charge in [-0.05, 0) is 44.2 Å².